The molecule has 7 heteroatoms. The average Bonchev–Trinajstić information content (AvgIpc) is 2.11. The van der Waals surface area contributed by atoms with Gasteiger partial charge in [-0.3, -0.25) is 14.4 Å². The highest BCUT2D eigenvalue weighted by molar-refractivity contribution is 5.88. The second-order valence-electron chi connectivity index (χ2n) is 3.02. The largest absolute Gasteiger partial charge is 0.393 e. The Balaban J connectivity index is 3.92. The molecule has 0 rings (SSSR count). The second-order valence-corrected chi connectivity index (χ2v) is 3.02. The van der Waals surface area contributed by atoms with E-state index in [-0.39, 0.29) is 12.8 Å². The third-order valence-electron chi connectivity index (χ3n) is 1.46. The predicted octanol–water partition coefficient (Wildman–Crippen LogP) is -0.727. The van der Waals surface area contributed by atoms with Crippen LogP contribution in [0.15, 0.2) is 0 Å². The van der Waals surface area contributed by atoms with Gasteiger partial charge in [0.1, 0.15) is 6.04 Å². The summed E-state index contributed by atoms with van der Waals surface area (Å²) < 4.78 is 8.41. The molecule has 0 aromatic heterocycles. The Labute approximate surface area is 91.9 Å². The minimum atomic E-state index is -1.09. The van der Waals surface area contributed by atoms with E-state index in [0.717, 1.165) is 13.8 Å². The Morgan fingerprint density at radius 1 is 1.06 bits per heavy atom. The number of hydrogen-bond acceptors (Lipinski definition) is 7. The highest BCUT2D eigenvalue weighted by atomic mass is 16.6. The van der Waals surface area contributed by atoms with Gasteiger partial charge in [0.05, 0.1) is 0 Å². The molecule has 90 valence electrons. The molecule has 0 amide bonds. The first-order chi connectivity index (χ1) is 7.32. The van der Waals surface area contributed by atoms with Crippen molar-refractivity contribution in [3.05, 3.63) is 0 Å². The molecule has 1 unspecified atom stereocenters. The quantitative estimate of drug-likeness (QED) is 0.501. The van der Waals surface area contributed by atoms with Gasteiger partial charge in [-0.2, -0.15) is 0 Å². The van der Waals surface area contributed by atoms with E-state index >= 15 is 0 Å². The van der Waals surface area contributed by atoms with E-state index in [1.54, 1.807) is 0 Å². The molecule has 0 saturated heterocycles. The summed E-state index contributed by atoms with van der Waals surface area (Å²) in [5.41, 5.74) is 5.33. The number of hydrogen-bond donors (Lipinski definition) is 1. The summed E-state index contributed by atoms with van der Waals surface area (Å²) in [5.74, 6) is -3.20. The van der Waals surface area contributed by atoms with Crippen LogP contribution in [0.25, 0.3) is 0 Å². The number of carbonyl (C=O) groups is 4. The minimum Gasteiger partial charge on any atom is -0.393 e. The summed E-state index contributed by atoms with van der Waals surface area (Å²) >= 11 is 0. The van der Waals surface area contributed by atoms with Crippen LogP contribution in [0.4, 0.5) is 0 Å². The van der Waals surface area contributed by atoms with Crippen LogP contribution in [-0.4, -0.2) is 29.9 Å². The van der Waals surface area contributed by atoms with Gasteiger partial charge in [0.2, 0.25) is 0 Å². The molecule has 7 nitrogen and oxygen atoms in total. The average molecular weight is 231 g/mol. The Hall–Kier alpha value is -1.76. The highest BCUT2D eigenvalue weighted by Crippen LogP contribution is 1.99. The van der Waals surface area contributed by atoms with Gasteiger partial charge in [-0.15, -0.1) is 0 Å². The number of esters is 4. The van der Waals surface area contributed by atoms with Crippen molar-refractivity contribution in [3.8, 4) is 0 Å². The summed E-state index contributed by atoms with van der Waals surface area (Å²) in [6.45, 7) is 2.15. The third kappa shape index (κ3) is 6.66. The normalized spacial score (nSPS) is 11.4. The van der Waals surface area contributed by atoms with Gasteiger partial charge in [0, 0.05) is 20.3 Å². The van der Waals surface area contributed by atoms with E-state index in [4.69, 9.17) is 5.73 Å². The lowest BCUT2D eigenvalue weighted by molar-refractivity contribution is -0.159. The van der Waals surface area contributed by atoms with Crippen LogP contribution in [0, 0.1) is 0 Å². The van der Waals surface area contributed by atoms with Crippen molar-refractivity contribution in [1.82, 2.24) is 0 Å². The maximum absolute atomic E-state index is 11.0. The zero-order chi connectivity index (χ0) is 12.7. The number of ether oxygens (including phenoxy) is 2. The van der Waals surface area contributed by atoms with Gasteiger partial charge < -0.3 is 15.2 Å². The first-order valence-electron chi connectivity index (χ1n) is 4.52. The van der Waals surface area contributed by atoms with Gasteiger partial charge in [-0.05, 0) is 6.42 Å². The van der Waals surface area contributed by atoms with Crippen LogP contribution in [0.3, 0.4) is 0 Å². The molecular formula is C9H13NO6. The first-order valence-corrected chi connectivity index (χ1v) is 4.52. The van der Waals surface area contributed by atoms with Crippen LogP contribution < -0.4 is 5.73 Å². The van der Waals surface area contributed by atoms with E-state index in [9.17, 15) is 19.2 Å². The molecular weight excluding hydrogens is 218 g/mol. The number of carbonyl (C=O) groups excluding carboxylic acids is 4. The molecule has 2 N–H and O–H groups in total. The van der Waals surface area contributed by atoms with Gasteiger partial charge in [-0.1, -0.05) is 0 Å². The Morgan fingerprint density at radius 2 is 1.56 bits per heavy atom. The van der Waals surface area contributed by atoms with E-state index in [1.807, 2.05) is 0 Å². The zero-order valence-electron chi connectivity index (χ0n) is 9.02. The van der Waals surface area contributed by atoms with Gasteiger partial charge in [0.25, 0.3) is 0 Å². The standard InChI is InChI=1S/C9H13NO6/c1-5(11)15-8(13)4-3-7(10)9(14)16-6(2)12/h7H,3-4,10H2,1-2H3. The maximum Gasteiger partial charge on any atom is 0.330 e. The molecule has 0 aliphatic heterocycles. The summed E-state index contributed by atoms with van der Waals surface area (Å²) in [5, 5.41) is 0. The van der Waals surface area contributed by atoms with Crippen LogP contribution >= 0.6 is 0 Å². The molecule has 0 aromatic carbocycles. The smallest absolute Gasteiger partial charge is 0.330 e. The van der Waals surface area contributed by atoms with Crippen molar-refractivity contribution >= 4 is 23.9 Å². The van der Waals surface area contributed by atoms with Crippen molar-refractivity contribution in [2.45, 2.75) is 32.7 Å². The lowest BCUT2D eigenvalue weighted by Gasteiger charge is -2.08. The third-order valence-corrected chi connectivity index (χ3v) is 1.46. The number of nitrogens with two attached hydrogens (primary N) is 1. The molecule has 16 heavy (non-hydrogen) atoms. The molecule has 0 aliphatic rings. The van der Waals surface area contributed by atoms with Crippen molar-refractivity contribution < 1.29 is 28.7 Å². The zero-order valence-corrected chi connectivity index (χ0v) is 9.02. The highest BCUT2D eigenvalue weighted by Gasteiger charge is 2.19. The van der Waals surface area contributed by atoms with Crippen LogP contribution in [-0.2, 0) is 28.7 Å². The fourth-order valence-electron chi connectivity index (χ4n) is 0.820. The fraction of sp³-hybridized carbons (Fsp3) is 0.556. The van der Waals surface area contributed by atoms with E-state index in [0.29, 0.717) is 0 Å². The first kappa shape index (κ1) is 14.2. The van der Waals surface area contributed by atoms with E-state index in [1.165, 1.54) is 0 Å². The summed E-state index contributed by atoms with van der Waals surface area (Å²) in [6.07, 6.45) is -0.258. The van der Waals surface area contributed by atoms with Crippen LogP contribution in [0.2, 0.25) is 0 Å². The lowest BCUT2D eigenvalue weighted by Crippen LogP contribution is -2.34. The Morgan fingerprint density at radius 3 is 2.00 bits per heavy atom. The van der Waals surface area contributed by atoms with Gasteiger partial charge in [-0.25, -0.2) is 4.79 Å². The minimum absolute atomic E-state index is 0.0573. The second kappa shape index (κ2) is 6.67. The maximum atomic E-state index is 11.0. The lowest BCUT2D eigenvalue weighted by atomic mass is 10.2. The molecule has 0 radical (unpaired) electrons. The van der Waals surface area contributed by atoms with Gasteiger partial charge >= 0.3 is 23.9 Å². The number of rotatable bonds is 4. The molecule has 0 aromatic rings. The SMILES string of the molecule is CC(=O)OC(=O)CCC(N)C(=O)OC(C)=O. The topological polar surface area (TPSA) is 113 Å². The van der Waals surface area contributed by atoms with Gasteiger partial charge in [0.15, 0.2) is 0 Å². The molecule has 1 atom stereocenters. The van der Waals surface area contributed by atoms with E-state index in [2.05, 4.69) is 9.47 Å². The predicted molar refractivity (Wildman–Crippen MR) is 50.8 cm³/mol. The molecule has 0 fully saturated rings. The summed E-state index contributed by atoms with van der Waals surface area (Å²) in [6, 6.07) is -1.09. The Kier molecular flexibility index (Phi) is 5.94. The van der Waals surface area contributed by atoms with Crippen LogP contribution in [0.5, 0.6) is 0 Å². The van der Waals surface area contributed by atoms with Crippen molar-refractivity contribution in [3.63, 3.8) is 0 Å². The molecule has 0 heterocycles. The van der Waals surface area contributed by atoms with Crippen molar-refractivity contribution in [1.29, 1.82) is 0 Å². The molecule has 0 spiro atoms. The monoisotopic (exact) mass is 231 g/mol. The van der Waals surface area contributed by atoms with Crippen molar-refractivity contribution in [2.75, 3.05) is 0 Å². The summed E-state index contributed by atoms with van der Waals surface area (Å²) in [4.78, 5) is 42.7. The summed E-state index contributed by atoms with van der Waals surface area (Å²) in [7, 11) is 0. The molecule has 0 aliphatic carbocycles. The van der Waals surface area contributed by atoms with Crippen molar-refractivity contribution in [2.24, 2.45) is 5.73 Å². The van der Waals surface area contributed by atoms with Crippen LogP contribution in [0.1, 0.15) is 26.7 Å². The Bertz CT molecular complexity index is 311. The molecule has 0 saturated carbocycles. The fourth-order valence-corrected chi connectivity index (χ4v) is 0.820. The van der Waals surface area contributed by atoms with E-state index < -0.39 is 29.9 Å². The molecule has 0 bridgehead atoms.